The number of nitro benzene ring substituents is 1. The normalized spacial score (nSPS) is 15.4. The zero-order chi connectivity index (χ0) is 23.4. The second kappa shape index (κ2) is 9.31. The van der Waals surface area contributed by atoms with Gasteiger partial charge in [0.15, 0.2) is 6.61 Å². The Bertz CT molecular complexity index is 1230. The predicted molar refractivity (Wildman–Crippen MR) is 118 cm³/mol. The molecule has 9 nitrogen and oxygen atoms in total. The van der Waals surface area contributed by atoms with Crippen molar-refractivity contribution in [1.29, 1.82) is 0 Å². The van der Waals surface area contributed by atoms with Gasteiger partial charge in [-0.15, -0.1) is 0 Å². The number of ether oxygens (including phenoxy) is 3. The van der Waals surface area contributed by atoms with Gasteiger partial charge < -0.3 is 14.2 Å². The van der Waals surface area contributed by atoms with Gasteiger partial charge in [0.05, 0.1) is 12.0 Å². The fourth-order valence-corrected chi connectivity index (χ4v) is 3.28. The van der Waals surface area contributed by atoms with Gasteiger partial charge >= 0.3 is 0 Å². The van der Waals surface area contributed by atoms with Crippen molar-refractivity contribution >= 4 is 23.1 Å². The third kappa shape index (κ3) is 4.72. The minimum absolute atomic E-state index is 0.0893. The van der Waals surface area contributed by atoms with Gasteiger partial charge in [-0.3, -0.25) is 19.7 Å². The fraction of sp³-hybridized carbons (Fsp3) is 0.125. The van der Waals surface area contributed by atoms with Crippen LogP contribution in [0, 0.1) is 10.1 Å². The summed E-state index contributed by atoms with van der Waals surface area (Å²) in [7, 11) is 1.53. The number of aliphatic imine (C=N–C) groups is 1. The first-order valence-corrected chi connectivity index (χ1v) is 9.89. The van der Waals surface area contributed by atoms with Crippen molar-refractivity contribution in [2.24, 2.45) is 4.99 Å². The molecule has 0 aliphatic carbocycles. The van der Waals surface area contributed by atoms with Gasteiger partial charge in [-0.2, -0.15) is 0 Å². The van der Waals surface area contributed by atoms with Crippen LogP contribution in [0.3, 0.4) is 0 Å². The number of para-hydroxylation sites is 1. The highest BCUT2D eigenvalue weighted by Gasteiger charge is 2.36. The van der Waals surface area contributed by atoms with E-state index in [4.69, 9.17) is 14.2 Å². The molecule has 4 rings (SSSR count). The molecule has 1 aliphatic heterocycles. The van der Waals surface area contributed by atoms with Crippen molar-refractivity contribution in [2.45, 2.75) is 6.10 Å². The number of ketones is 1. The highest BCUT2D eigenvalue weighted by Crippen LogP contribution is 2.31. The molecule has 0 fully saturated rings. The molecule has 0 spiro atoms. The molecule has 0 saturated heterocycles. The summed E-state index contributed by atoms with van der Waals surface area (Å²) in [5.41, 5.74) is 1.04. The number of hydrogen-bond donors (Lipinski definition) is 0. The summed E-state index contributed by atoms with van der Waals surface area (Å²) in [6.45, 7) is -0.410. The highest BCUT2D eigenvalue weighted by molar-refractivity contribution is 6.25. The molecule has 0 bridgehead atoms. The van der Waals surface area contributed by atoms with Gasteiger partial charge in [0.2, 0.25) is 11.9 Å². The quantitative estimate of drug-likeness (QED) is 0.309. The average Bonchev–Trinajstić information content (AvgIpc) is 3.21. The second-order valence-electron chi connectivity index (χ2n) is 7.02. The zero-order valence-corrected chi connectivity index (χ0v) is 17.5. The Morgan fingerprint density at radius 3 is 2.33 bits per heavy atom. The van der Waals surface area contributed by atoms with Crippen LogP contribution in [0.1, 0.15) is 15.9 Å². The number of benzene rings is 3. The summed E-state index contributed by atoms with van der Waals surface area (Å²) in [6, 6.07) is 18.8. The van der Waals surface area contributed by atoms with E-state index in [-0.39, 0.29) is 22.9 Å². The lowest BCUT2D eigenvalue weighted by molar-refractivity contribution is -0.384. The maximum absolute atomic E-state index is 13.1. The highest BCUT2D eigenvalue weighted by atomic mass is 16.6. The zero-order valence-electron chi connectivity index (χ0n) is 17.5. The largest absolute Gasteiger partial charge is 0.497 e. The molecule has 1 amide bonds. The molecular formula is C24H18N2O7. The lowest BCUT2D eigenvalue weighted by Crippen LogP contribution is -2.32. The SMILES string of the molecule is COc1ccc(C(=O)[C@H]2Oc3ccccc3C2=NC(=O)COc2ccc([N+](=O)[O-])cc2)cc1. The van der Waals surface area contributed by atoms with E-state index >= 15 is 0 Å². The van der Waals surface area contributed by atoms with Crippen LogP contribution in [-0.2, 0) is 4.79 Å². The van der Waals surface area contributed by atoms with E-state index in [2.05, 4.69) is 4.99 Å². The van der Waals surface area contributed by atoms with E-state index in [0.717, 1.165) is 0 Å². The molecule has 33 heavy (non-hydrogen) atoms. The number of amides is 1. The van der Waals surface area contributed by atoms with Gasteiger partial charge in [0.1, 0.15) is 23.0 Å². The molecule has 0 radical (unpaired) electrons. The Kier molecular flexibility index (Phi) is 6.12. The smallest absolute Gasteiger partial charge is 0.283 e. The minimum atomic E-state index is -1.08. The second-order valence-corrected chi connectivity index (χ2v) is 7.02. The van der Waals surface area contributed by atoms with E-state index in [0.29, 0.717) is 22.6 Å². The number of hydrogen-bond acceptors (Lipinski definition) is 7. The maximum Gasteiger partial charge on any atom is 0.283 e. The average molecular weight is 446 g/mol. The summed E-state index contributed by atoms with van der Waals surface area (Å²) >= 11 is 0. The summed E-state index contributed by atoms with van der Waals surface area (Å²) in [6.07, 6.45) is -1.08. The van der Waals surface area contributed by atoms with E-state index in [1.807, 2.05) is 0 Å². The van der Waals surface area contributed by atoms with Crippen LogP contribution in [0.2, 0.25) is 0 Å². The van der Waals surface area contributed by atoms with Crippen molar-refractivity contribution in [2.75, 3.05) is 13.7 Å². The lowest BCUT2D eigenvalue weighted by Gasteiger charge is -2.11. The molecule has 1 atom stereocenters. The molecule has 0 saturated carbocycles. The monoisotopic (exact) mass is 446 g/mol. The number of carbonyl (C=O) groups excluding carboxylic acids is 2. The van der Waals surface area contributed by atoms with Gasteiger partial charge in [0.25, 0.3) is 11.6 Å². The number of fused-ring (bicyclic) bond motifs is 1. The summed E-state index contributed by atoms with van der Waals surface area (Å²) in [5, 5.41) is 10.7. The van der Waals surface area contributed by atoms with Gasteiger partial charge in [-0.05, 0) is 48.5 Å². The number of non-ortho nitro benzene ring substituents is 1. The minimum Gasteiger partial charge on any atom is -0.497 e. The van der Waals surface area contributed by atoms with Gasteiger partial charge in [-0.25, -0.2) is 4.99 Å². The van der Waals surface area contributed by atoms with Crippen LogP contribution in [0.5, 0.6) is 17.2 Å². The van der Waals surface area contributed by atoms with Crippen molar-refractivity contribution in [1.82, 2.24) is 0 Å². The topological polar surface area (TPSA) is 117 Å². The maximum atomic E-state index is 13.1. The number of nitro groups is 1. The van der Waals surface area contributed by atoms with E-state index in [1.165, 1.54) is 31.4 Å². The first kappa shape index (κ1) is 21.7. The Morgan fingerprint density at radius 1 is 1.00 bits per heavy atom. The van der Waals surface area contributed by atoms with E-state index < -0.39 is 23.5 Å². The van der Waals surface area contributed by atoms with Gasteiger partial charge in [-0.1, -0.05) is 12.1 Å². The third-order valence-corrected chi connectivity index (χ3v) is 4.92. The molecule has 9 heteroatoms. The Morgan fingerprint density at radius 2 is 1.67 bits per heavy atom. The van der Waals surface area contributed by atoms with Crippen LogP contribution in [0.15, 0.2) is 77.8 Å². The lowest BCUT2D eigenvalue weighted by atomic mass is 9.99. The summed E-state index contributed by atoms with van der Waals surface area (Å²) < 4.78 is 16.3. The Hall–Kier alpha value is -4.53. The Balaban J connectivity index is 1.54. The van der Waals surface area contributed by atoms with E-state index in [1.54, 1.807) is 48.5 Å². The Labute approximate surface area is 188 Å². The van der Waals surface area contributed by atoms with Crippen molar-refractivity contribution < 1.29 is 28.7 Å². The number of nitrogens with zero attached hydrogens (tertiary/aromatic N) is 2. The van der Waals surface area contributed by atoms with Crippen molar-refractivity contribution in [3.8, 4) is 17.2 Å². The molecule has 0 aromatic heterocycles. The first-order valence-electron chi connectivity index (χ1n) is 9.89. The third-order valence-electron chi connectivity index (χ3n) is 4.92. The predicted octanol–water partition coefficient (Wildman–Crippen LogP) is 3.64. The number of Topliss-reactive ketones (excluding diaryl/α,β-unsaturated/α-hetero) is 1. The standard InChI is InChI=1S/C24H18N2O7/c1-31-17-10-6-15(7-11-17)23(28)24-22(19-4-2-3-5-20(19)33-24)25-21(27)14-32-18-12-8-16(9-13-18)26(29)30/h2-13,24H,14H2,1H3/t24-/m0/s1. The fourth-order valence-electron chi connectivity index (χ4n) is 3.28. The molecule has 0 N–H and O–H groups in total. The number of rotatable bonds is 7. The van der Waals surface area contributed by atoms with Crippen LogP contribution in [0.25, 0.3) is 0 Å². The summed E-state index contributed by atoms with van der Waals surface area (Å²) in [4.78, 5) is 40.0. The van der Waals surface area contributed by atoms with Crippen LogP contribution in [0.4, 0.5) is 5.69 Å². The number of carbonyl (C=O) groups is 2. The molecule has 3 aromatic rings. The molecule has 3 aromatic carbocycles. The summed E-state index contributed by atoms with van der Waals surface area (Å²) in [5.74, 6) is 0.359. The van der Waals surface area contributed by atoms with E-state index in [9.17, 15) is 19.7 Å². The number of methoxy groups -OCH3 is 1. The molecular weight excluding hydrogens is 428 g/mol. The molecule has 1 aliphatic rings. The van der Waals surface area contributed by atoms with Crippen molar-refractivity contribution in [3.63, 3.8) is 0 Å². The molecule has 166 valence electrons. The van der Waals surface area contributed by atoms with Crippen molar-refractivity contribution in [3.05, 3.63) is 94.0 Å². The van der Waals surface area contributed by atoms with Crippen LogP contribution >= 0.6 is 0 Å². The molecule has 0 unspecified atom stereocenters. The van der Waals surface area contributed by atoms with Crippen LogP contribution < -0.4 is 14.2 Å². The first-order chi connectivity index (χ1) is 16.0. The molecule has 1 heterocycles. The van der Waals surface area contributed by atoms with Gasteiger partial charge in [0, 0.05) is 23.3 Å². The van der Waals surface area contributed by atoms with Crippen LogP contribution in [-0.4, -0.2) is 42.1 Å².